The molecule has 3 aliphatic rings. The van der Waals surface area contributed by atoms with Crippen molar-refractivity contribution in [1.29, 1.82) is 0 Å². The second-order valence-corrected chi connectivity index (χ2v) is 21.7. The average molecular weight is 1010 g/mol. The van der Waals surface area contributed by atoms with Gasteiger partial charge in [-0.25, -0.2) is 4.98 Å². The molecule has 1 saturated heterocycles. The first kappa shape index (κ1) is 50.7. The number of β-amino-alcohol motifs (C(OH)–C–C–N with tert-alkyl or cyclic N) is 1. The number of aryl methyl sites for hydroxylation is 4. The smallest absolute Gasteiger partial charge is 0.258 e. The Balaban J connectivity index is 0.749. The first-order valence-corrected chi connectivity index (χ1v) is 25.5. The third kappa shape index (κ3) is 11.1. The Morgan fingerprint density at radius 1 is 0.932 bits per heavy atom. The van der Waals surface area contributed by atoms with E-state index in [0.717, 1.165) is 49.9 Å². The van der Waals surface area contributed by atoms with Crippen molar-refractivity contribution in [2.75, 3.05) is 13.2 Å². The van der Waals surface area contributed by atoms with Gasteiger partial charge in [-0.2, -0.15) is 4.98 Å². The number of rotatable bonds is 16. The molecule has 2 fully saturated rings. The number of amides is 3. The molecule has 0 spiro atoms. The Morgan fingerprint density at radius 2 is 1.66 bits per heavy atom. The quantitative estimate of drug-likeness (QED) is 0.0763. The topological polar surface area (TPSA) is 224 Å². The molecule has 382 valence electrons. The van der Waals surface area contributed by atoms with Crippen LogP contribution in [0.2, 0.25) is 0 Å². The van der Waals surface area contributed by atoms with Gasteiger partial charge in [0, 0.05) is 71.2 Å². The summed E-state index contributed by atoms with van der Waals surface area (Å²) in [5.74, 6) is 2.15. The van der Waals surface area contributed by atoms with Crippen molar-refractivity contribution >= 4 is 34.8 Å². The number of nitrogens with one attached hydrogen (secondary N) is 3. The van der Waals surface area contributed by atoms with Crippen molar-refractivity contribution in [3.8, 4) is 28.1 Å². The number of nitrogens with zero attached hydrogens (tertiary/aromatic N) is 8. The zero-order chi connectivity index (χ0) is 51.9. The summed E-state index contributed by atoms with van der Waals surface area (Å²) in [5, 5.41) is 34.1. The second-order valence-electron chi connectivity index (χ2n) is 20.5. The number of pyridine rings is 1. The van der Waals surface area contributed by atoms with E-state index >= 15 is 0 Å². The van der Waals surface area contributed by atoms with Gasteiger partial charge in [0.25, 0.3) is 11.8 Å². The lowest BCUT2D eigenvalue weighted by atomic mass is 9.85. The van der Waals surface area contributed by atoms with Crippen LogP contribution in [-0.4, -0.2) is 107 Å². The first-order chi connectivity index (χ1) is 34.8. The van der Waals surface area contributed by atoms with E-state index < -0.39 is 35.6 Å². The maximum Gasteiger partial charge on any atom is 0.258 e. The lowest BCUT2D eigenvalue weighted by Gasteiger charge is -2.36. The van der Waals surface area contributed by atoms with Gasteiger partial charge in [0.05, 0.1) is 30.5 Å². The van der Waals surface area contributed by atoms with Gasteiger partial charge >= 0.3 is 0 Å². The van der Waals surface area contributed by atoms with E-state index in [9.17, 15) is 19.5 Å². The molecule has 73 heavy (non-hydrogen) atoms. The molecule has 1 saturated carbocycles. The number of likely N-dealkylation sites (tertiary alicyclic amines) is 1. The highest BCUT2D eigenvalue weighted by atomic mass is 32.1. The van der Waals surface area contributed by atoms with Crippen LogP contribution in [-0.2, 0) is 14.4 Å². The predicted molar refractivity (Wildman–Crippen MR) is 276 cm³/mol. The fourth-order valence-electron chi connectivity index (χ4n) is 9.51. The Hall–Kier alpha value is -7.25. The number of aromatic nitrogens is 6. The summed E-state index contributed by atoms with van der Waals surface area (Å²) < 4.78 is 19.3. The molecule has 19 heteroatoms. The predicted octanol–water partition coefficient (Wildman–Crippen LogP) is 7.06. The van der Waals surface area contributed by atoms with E-state index in [1.165, 1.54) is 11.1 Å². The van der Waals surface area contributed by atoms with Crippen LogP contribution < -0.4 is 25.4 Å². The number of aliphatic imine (C=N–C) groups is 1. The maximum atomic E-state index is 14.3. The van der Waals surface area contributed by atoms with Gasteiger partial charge in [0.1, 0.15) is 34.8 Å². The lowest BCUT2D eigenvalue weighted by molar-refractivity contribution is -0.140. The molecule has 18 nitrogen and oxygen atoms in total. The molecule has 5 atom stereocenters. The summed E-state index contributed by atoms with van der Waals surface area (Å²) in [5.41, 5.74) is 6.85. The van der Waals surface area contributed by atoms with Crippen molar-refractivity contribution in [3.63, 3.8) is 0 Å². The maximum absolute atomic E-state index is 14.3. The number of carbonyl (C=O) groups excluding carboxylic acids is 3. The van der Waals surface area contributed by atoms with E-state index in [1.807, 2.05) is 58.9 Å². The van der Waals surface area contributed by atoms with E-state index in [1.54, 1.807) is 35.3 Å². The highest BCUT2D eigenvalue weighted by molar-refractivity contribution is 7.15. The van der Waals surface area contributed by atoms with Crippen molar-refractivity contribution in [2.45, 2.75) is 130 Å². The summed E-state index contributed by atoms with van der Waals surface area (Å²) in [7, 11) is 0. The molecule has 2 aromatic carbocycles. The number of thiophene rings is 1. The molecule has 3 amide bonds. The Kier molecular flexibility index (Phi) is 14.4. The molecular formula is C54H63N11O7S. The minimum atomic E-state index is -0.927. The number of fused-ring (bicyclic) bond motifs is 3. The number of hydrogen-bond donors (Lipinski definition) is 4. The molecule has 0 unspecified atom stereocenters. The van der Waals surface area contributed by atoms with Crippen molar-refractivity contribution in [1.82, 2.24) is 50.7 Å². The van der Waals surface area contributed by atoms with Gasteiger partial charge in [-0.3, -0.25) is 23.9 Å². The van der Waals surface area contributed by atoms with Crippen LogP contribution in [0, 0.1) is 40.0 Å². The fourth-order valence-corrected chi connectivity index (χ4v) is 10.7. The van der Waals surface area contributed by atoms with Gasteiger partial charge in [-0.1, -0.05) is 74.5 Å². The number of benzene rings is 2. The molecule has 1 aliphatic carbocycles. The molecule has 0 radical (unpaired) electrons. The minimum absolute atomic E-state index is 0.0793. The highest BCUT2D eigenvalue weighted by Gasteiger charge is 2.43. The van der Waals surface area contributed by atoms with E-state index in [4.69, 9.17) is 19.0 Å². The van der Waals surface area contributed by atoms with Crippen LogP contribution in [0.4, 0.5) is 0 Å². The third-order valence-electron chi connectivity index (χ3n) is 13.7. The summed E-state index contributed by atoms with van der Waals surface area (Å²) in [6.45, 7) is 21.6. The van der Waals surface area contributed by atoms with Gasteiger partial charge in [-0.05, 0) is 76.3 Å². The van der Waals surface area contributed by atoms with E-state index in [-0.39, 0.29) is 49.6 Å². The second kappa shape index (κ2) is 20.7. The third-order valence-corrected chi connectivity index (χ3v) is 14.9. The molecule has 4 N–H and O–H groups in total. The van der Waals surface area contributed by atoms with Crippen LogP contribution in [0.3, 0.4) is 0 Å². The fraction of sp³-hybridized carbons (Fsp3) is 0.426. The zero-order valence-corrected chi connectivity index (χ0v) is 43.5. The minimum Gasteiger partial charge on any atom is -0.482 e. The number of hydrogen-bond acceptors (Lipinski definition) is 15. The lowest BCUT2D eigenvalue weighted by Crippen LogP contribution is -2.57. The summed E-state index contributed by atoms with van der Waals surface area (Å²) in [6, 6.07) is 17.2. The number of aliphatic hydroxyl groups excluding tert-OH is 1. The van der Waals surface area contributed by atoms with Crippen molar-refractivity contribution in [2.24, 2.45) is 10.4 Å². The van der Waals surface area contributed by atoms with E-state index in [2.05, 4.69) is 97.5 Å². The van der Waals surface area contributed by atoms with Crippen molar-refractivity contribution in [3.05, 3.63) is 129 Å². The molecule has 6 aromatic rings. The van der Waals surface area contributed by atoms with Crippen LogP contribution in [0.25, 0.3) is 16.5 Å². The average Bonchev–Trinajstić information content (AvgIpc) is 4.11. The van der Waals surface area contributed by atoms with Gasteiger partial charge in [0.15, 0.2) is 18.3 Å². The highest BCUT2D eigenvalue weighted by Crippen LogP contribution is 2.40. The number of carbonyl (C=O) groups is 3. The molecule has 6 heterocycles. The van der Waals surface area contributed by atoms with Gasteiger partial charge < -0.3 is 40.0 Å². The summed E-state index contributed by atoms with van der Waals surface area (Å²) in [4.78, 5) is 58.1. The van der Waals surface area contributed by atoms with Crippen LogP contribution >= 0.6 is 11.3 Å². The van der Waals surface area contributed by atoms with Crippen LogP contribution in [0.5, 0.6) is 11.6 Å². The standard InChI is InChI=1S/C54H63N11O7S/c1-28-11-13-36(14-12-28)48-47-29(2)32(5)73-53(47)65-34(7)61-62-50(65)42(59-48)24-44(67)58-38-21-41(22-38)71-46-20-19-40(25-55-46)70-27-45(68)60-49(54(8,9)10)52(69)64-26-39(66)23-43(64)31(4)56-30(3)35-15-17-37(18-16-35)51-57-33(6)63-72-51/h11-20,25,30,38-39,41-43,49,56,66H,4,21-24,26-27H2,1-3,5-10H3,(H,58,67)(H,60,68)/t30-,38?,39+,41?,42-,43-,49+/m0/s1. The van der Waals surface area contributed by atoms with Crippen molar-refractivity contribution < 1.29 is 33.5 Å². The Bertz CT molecular complexity index is 3040. The SMILES string of the molecule is C=C(N[C@@H](C)c1ccc(-c2nc(C)no2)cc1)[C@@H]1C[C@@H](O)CN1C(=O)[C@@H](NC(=O)COc1ccc(OC2CC(NC(=O)C[C@@H]3N=C(c4ccc(C)cc4)c4c(sc(C)c4C)-n4c(C)nnc43)C2)nc1)C(C)(C)C. The monoisotopic (exact) mass is 1010 g/mol. The zero-order valence-electron chi connectivity index (χ0n) is 42.7. The van der Waals surface area contributed by atoms with Crippen LogP contribution in [0.1, 0.15) is 116 Å². The largest absolute Gasteiger partial charge is 0.482 e. The molecule has 9 rings (SSSR count). The van der Waals surface area contributed by atoms with Gasteiger partial charge in [-0.15, -0.1) is 21.5 Å². The van der Waals surface area contributed by atoms with Crippen LogP contribution in [0.15, 0.2) is 88.7 Å². The summed E-state index contributed by atoms with van der Waals surface area (Å²) >= 11 is 1.69. The Labute approximate surface area is 428 Å². The first-order valence-electron chi connectivity index (χ1n) is 24.7. The number of ether oxygens (including phenoxy) is 2. The molecular weight excluding hydrogens is 947 g/mol. The van der Waals surface area contributed by atoms with Gasteiger partial charge in [0.2, 0.25) is 17.7 Å². The normalized spacial score (nSPS) is 20.1. The number of aliphatic hydroxyl groups is 1. The molecule has 0 bridgehead atoms. The molecule has 2 aliphatic heterocycles. The summed E-state index contributed by atoms with van der Waals surface area (Å²) in [6.07, 6.45) is 2.18. The van der Waals surface area contributed by atoms with E-state index in [0.29, 0.717) is 54.1 Å². The Morgan fingerprint density at radius 3 is 2.33 bits per heavy atom. The molecule has 4 aromatic heterocycles.